The Labute approximate surface area is 163 Å². The number of ether oxygens (including phenoxy) is 1. The van der Waals surface area contributed by atoms with Gasteiger partial charge in [0.15, 0.2) is 9.84 Å². The molecule has 148 valence electrons. The molecule has 0 aliphatic carbocycles. The second-order valence-electron chi connectivity index (χ2n) is 7.20. The maximum absolute atomic E-state index is 13.2. The molecule has 0 bridgehead atoms. The van der Waals surface area contributed by atoms with E-state index >= 15 is 0 Å². The summed E-state index contributed by atoms with van der Waals surface area (Å²) in [4.78, 5) is 16.5. The van der Waals surface area contributed by atoms with Gasteiger partial charge in [-0.3, -0.25) is 9.69 Å². The van der Waals surface area contributed by atoms with Crippen LogP contribution in [0.4, 0.5) is 10.1 Å². The van der Waals surface area contributed by atoms with Crippen molar-refractivity contribution in [2.24, 2.45) is 0 Å². The van der Waals surface area contributed by atoms with Gasteiger partial charge in [0.1, 0.15) is 11.6 Å². The van der Waals surface area contributed by atoms with Gasteiger partial charge in [-0.1, -0.05) is 12.1 Å². The number of methoxy groups -OCH3 is 1. The smallest absolute Gasteiger partial charge is 0.241 e. The fraction of sp³-hybridized carbons (Fsp3) is 0.350. The van der Waals surface area contributed by atoms with Crippen LogP contribution in [-0.4, -0.2) is 56.5 Å². The highest BCUT2D eigenvalue weighted by atomic mass is 32.2. The Balaban J connectivity index is 1.64. The van der Waals surface area contributed by atoms with E-state index in [2.05, 4.69) is 0 Å². The van der Waals surface area contributed by atoms with E-state index in [4.69, 9.17) is 4.74 Å². The summed E-state index contributed by atoms with van der Waals surface area (Å²) in [6, 6.07) is 12.4. The third-order valence-corrected chi connectivity index (χ3v) is 7.05. The zero-order valence-electron chi connectivity index (χ0n) is 15.4. The number of benzene rings is 2. The molecular weight excluding hydrogens is 383 g/mol. The summed E-state index contributed by atoms with van der Waals surface area (Å²) in [5, 5.41) is 0. The minimum absolute atomic E-state index is 0.0127. The monoisotopic (exact) mass is 404 g/mol. The van der Waals surface area contributed by atoms with Gasteiger partial charge < -0.3 is 9.64 Å². The van der Waals surface area contributed by atoms with Crippen molar-refractivity contribution in [3.8, 4) is 5.75 Å². The molecule has 2 aliphatic rings. The van der Waals surface area contributed by atoms with Crippen molar-refractivity contribution in [2.45, 2.75) is 18.6 Å². The van der Waals surface area contributed by atoms with Crippen LogP contribution < -0.4 is 9.64 Å². The van der Waals surface area contributed by atoms with Gasteiger partial charge in [-0.05, 0) is 42.0 Å². The van der Waals surface area contributed by atoms with Gasteiger partial charge >= 0.3 is 0 Å². The van der Waals surface area contributed by atoms with Crippen LogP contribution >= 0.6 is 0 Å². The Hall–Kier alpha value is -2.45. The zero-order valence-corrected chi connectivity index (χ0v) is 16.2. The van der Waals surface area contributed by atoms with Crippen LogP contribution in [0.3, 0.4) is 0 Å². The van der Waals surface area contributed by atoms with E-state index in [9.17, 15) is 17.6 Å². The van der Waals surface area contributed by atoms with Gasteiger partial charge in [0.05, 0.1) is 31.2 Å². The molecule has 2 aromatic carbocycles. The Bertz CT molecular complexity index is 976. The van der Waals surface area contributed by atoms with Crippen LogP contribution in [0.2, 0.25) is 0 Å². The quantitative estimate of drug-likeness (QED) is 0.778. The van der Waals surface area contributed by atoms with E-state index in [1.54, 1.807) is 48.4 Å². The average molecular weight is 404 g/mol. The van der Waals surface area contributed by atoms with Gasteiger partial charge in [-0.25, -0.2) is 12.8 Å². The molecule has 2 aliphatic heterocycles. The summed E-state index contributed by atoms with van der Waals surface area (Å²) in [7, 11) is -1.69. The molecule has 6 nitrogen and oxygen atoms in total. The number of halogens is 1. The van der Waals surface area contributed by atoms with Gasteiger partial charge in [0.25, 0.3) is 0 Å². The summed E-state index contributed by atoms with van der Waals surface area (Å²) in [6.07, 6.45) is 0. The number of hydrogen-bond acceptors (Lipinski definition) is 5. The Morgan fingerprint density at radius 1 is 1.04 bits per heavy atom. The molecule has 0 N–H and O–H groups in total. The third kappa shape index (κ3) is 3.62. The molecule has 0 radical (unpaired) electrons. The molecule has 0 saturated carbocycles. The summed E-state index contributed by atoms with van der Waals surface area (Å²) in [6.45, 7) is 0.513. The van der Waals surface area contributed by atoms with E-state index in [0.29, 0.717) is 18.0 Å². The van der Waals surface area contributed by atoms with Crippen molar-refractivity contribution in [3.05, 3.63) is 59.9 Å². The number of piperazine rings is 1. The van der Waals surface area contributed by atoms with Crippen molar-refractivity contribution in [2.75, 3.05) is 30.1 Å². The molecular formula is C20H21FN2O4S. The second kappa shape index (κ2) is 7.18. The summed E-state index contributed by atoms with van der Waals surface area (Å²) >= 11 is 0. The first-order valence-electron chi connectivity index (χ1n) is 9.01. The fourth-order valence-corrected chi connectivity index (χ4v) is 6.01. The van der Waals surface area contributed by atoms with Gasteiger partial charge in [-0.2, -0.15) is 0 Å². The predicted octanol–water partition coefficient (Wildman–Crippen LogP) is 1.85. The normalized spacial score (nSPS) is 24.2. The molecule has 4 rings (SSSR count). The van der Waals surface area contributed by atoms with Crippen molar-refractivity contribution >= 4 is 21.4 Å². The zero-order chi connectivity index (χ0) is 19.9. The topological polar surface area (TPSA) is 66.9 Å². The number of amides is 1. The summed E-state index contributed by atoms with van der Waals surface area (Å²) in [5.74, 6) is 0.145. The minimum atomic E-state index is -3.26. The number of hydrogen-bond donors (Lipinski definition) is 0. The largest absolute Gasteiger partial charge is 0.497 e. The minimum Gasteiger partial charge on any atom is -0.497 e. The first-order valence-corrected chi connectivity index (χ1v) is 10.8. The summed E-state index contributed by atoms with van der Waals surface area (Å²) in [5.41, 5.74) is 1.51. The highest BCUT2D eigenvalue weighted by Gasteiger charge is 2.49. The lowest BCUT2D eigenvalue weighted by molar-refractivity contribution is -0.123. The molecule has 8 heteroatoms. The summed E-state index contributed by atoms with van der Waals surface area (Å²) < 4.78 is 43.1. The number of sulfone groups is 1. The van der Waals surface area contributed by atoms with Crippen LogP contribution in [0.5, 0.6) is 5.75 Å². The molecule has 2 aromatic rings. The number of anilines is 1. The molecule has 2 fully saturated rings. The molecule has 2 atom stereocenters. The van der Waals surface area contributed by atoms with Gasteiger partial charge in [-0.15, -0.1) is 0 Å². The maximum atomic E-state index is 13.2. The molecule has 1 amide bonds. The van der Waals surface area contributed by atoms with E-state index in [1.807, 2.05) is 4.90 Å². The Morgan fingerprint density at radius 2 is 1.68 bits per heavy atom. The van der Waals surface area contributed by atoms with E-state index in [1.165, 1.54) is 12.1 Å². The average Bonchev–Trinajstić information content (AvgIpc) is 2.99. The lowest BCUT2D eigenvalue weighted by atomic mass is 10.0. The Kier molecular flexibility index (Phi) is 4.84. The van der Waals surface area contributed by atoms with Crippen molar-refractivity contribution < 1.29 is 22.3 Å². The highest BCUT2D eigenvalue weighted by molar-refractivity contribution is 7.91. The molecule has 0 unspecified atom stereocenters. The van der Waals surface area contributed by atoms with E-state index in [0.717, 1.165) is 5.56 Å². The number of fused-ring (bicyclic) bond motifs is 1. The third-order valence-electron chi connectivity index (χ3n) is 5.35. The number of nitrogens with zero attached hydrogens (tertiary/aromatic N) is 2. The second-order valence-corrected chi connectivity index (χ2v) is 9.36. The van der Waals surface area contributed by atoms with Gasteiger partial charge in [0.2, 0.25) is 5.91 Å². The standard InChI is InChI=1S/C20H21FN2O4S/c1-27-17-8-6-16(7-9-17)23-19-13-28(25,26)12-18(19)22(11-20(23)24)10-14-2-4-15(21)5-3-14/h2-9,18-19H,10-13H2,1H3/t18-,19-/m0/s1. The van der Waals surface area contributed by atoms with Crippen LogP contribution in [0.1, 0.15) is 5.56 Å². The van der Waals surface area contributed by atoms with Crippen molar-refractivity contribution in [1.82, 2.24) is 4.90 Å². The van der Waals surface area contributed by atoms with E-state index in [-0.39, 0.29) is 35.8 Å². The first kappa shape index (κ1) is 18.9. The van der Waals surface area contributed by atoms with Crippen LogP contribution in [0.25, 0.3) is 0 Å². The van der Waals surface area contributed by atoms with E-state index < -0.39 is 15.9 Å². The highest BCUT2D eigenvalue weighted by Crippen LogP contribution is 2.33. The van der Waals surface area contributed by atoms with Gasteiger partial charge in [0, 0.05) is 18.3 Å². The lowest BCUT2D eigenvalue weighted by Crippen LogP contribution is -2.61. The van der Waals surface area contributed by atoms with Crippen LogP contribution in [0.15, 0.2) is 48.5 Å². The van der Waals surface area contributed by atoms with Crippen LogP contribution in [-0.2, 0) is 21.2 Å². The molecule has 2 heterocycles. The molecule has 0 aromatic heterocycles. The maximum Gasteiger partial charge on any atom is 0.241 e. The van der Waals surface area contributed by atoms with Crippen molar-refractivity contribution in [1.29, 1.82) is 0 Å². The molecule has 0 spiro atoms. The Morgan fingerprint density at radius 3 is 2.32 bits per heavy atom. The number of carbonyl (C=O) groups excluding carboxylic acids is 1. The molecule has 2 saturated heterocycles. The lowest BCUT2D eigenvalue weighted by Gasteiger charge is -2.43. The van der Waals surface area contributed by atoms with Crippen molar-refractivity contribution in [3.63, 3.8) is 0 Å². The number of rotatable bonds is 4. The number of carbonyl (C=O) groups is 1. The SMILES string of the molecule is COc1ccc(N2C(=O)CN(Cc3ccc(F)cc3)[C@H]3CS(=O)(=O)C[C@@H]32)cc1. The van der Waals surface area contributed by atoms with Crippen LogP contribution in [0, 0.1) is 5.82 Å². The fourth-order valence-electron chi connectivity index (χ4n) is 4.03. The first-order chi connectivity index (χ1) is 13.4. The predicted molar refractivity (Wildman–Crippen MR) is 104 cm³/mol. The molecule has 28 heavy (non-hydrogen) atoms.